The first-order valence-electron chi connectivity index (χ1n) is 9.99. The lowest BCUT2D eigenvalue weighted by Crippen LogP contribution is -2.41. The zero-order chi connectivity index (χ0) is 23.3. The minimum atomic E-state index is -3.99. The van der Waals surface area contributed by atoms with Crippen LogP contribution in [0.15, 0.2) is 77.7 Å². The Morgan fingerprint density at radius 2 is 1.72 bits per heavy atom. The van der Waals surface area contributed by atoms with E-state index in [-0.39, 0.29) is 10.9 Å². The van der Waals surface area contributed by atoms with Crippen LogP contribution in [0.25, 0.3) is 0 Å². The van der Waals surface area contributed by atoms with Crippen LogP contribution < -0.4 is 14.4 Å². The summed E-state index contributed by atoms with van der Waals surface area (Å²) >= 11 is 6.10. The number of rotatable bonds is 8. The van der Waals surface area contributed by atoms with E-state index in [0.29, 0.717) is 16.5 Å². The van der Waals surface area contributed by atoms with Gasteiger partial charge in [-0.2, -0.15) is 0 Å². The second kappa shape index (κ2) is 10.1. The Balaban J connectivity index is 1.86. The molecule has 0 aliphatic heterocycles. The smallest absolute Gasteiger partial charge is 0.264 e. The van der Waals surface area contributed by atoms with Gasteiger partial charge in [0.1, 0.15) is 12.3 Å². The van der Waals surface area contributed by atoms with Crippen LogP contribution in [0.5, 0.6) is 5.75 Å². The van der Waals surface area contributed by atoms with Crippen LogP contribution in [-0.2, 0) is 14.8 Å². The van der Waals surface area contributed by atoms with E-state index >= 15 is 0 Å². The van der Waals surface area contributed by atoms with Crippen LogP contribution in [0.1, 0.15) is 24.1 Å². The summed E-state index contributed by atoms with van der Waals surface area (Å²) in [6.07, 6.45) is 0. The van der Waals surface area contributed by atoms with Crippen molar-refractivity contribution < 1.29 is 17.9 Å². The van der Waals surface area contributed by atoms with Crippen LogP contribution in [0, 0.1) is 6.92 Å². The predicted octanol–water partition coefficient (Wildman–Crippen LogP) is 4.73. The molecule has 0 spiro atoms. The number of methoxy groups -OCH3 is 1. The zero-order valence-electron chi connectivity index (χ0n) is 18.1. The Morgan fingerprint density at radius 3 is 2.31 bits per heavy atom. The third kappa shape index (κ3) is 5.60. The van der Waals surface area contributed by atoms with E-state index in [2.05, 4.69) is 5.32 Å². The van der Waals surface area contributed by atoms with Crippen molar-refractivity contribution in [1.82, 2.24) is 5.32 Å². The van der Waals surface area contributed by atoms with E-state index in [1.807, 2.05) is 26.0 Å². The van der Waals surface area contributed by atoms with Crippen molar-refractivity contribution in [2.75, 3.05) is 18.0 Å². The predicted molar refractivity (Wildman–Crippen MR) is 127 cm³/mol. The molecule has 0 aliphatic carbocycles. The Bertz CT molecular complexity index is 1180. The summed E-state index contributed by atoms with van der Waals surface area (Å²) in [5.74, 6) is 0.271. The number of amides is 1. The van der Waals surface area contributed by atoms with Crippen molar-refractivity contribution in [3.63, 3.8) is 0 Å². The highest BCUT2D eigenvalue weighted by Crippen LogP contribution is 2.26. The Hall–Kier alpha value is -3.03. The third-order valence-electron chi connectivity index (χ3n) is 4.99. The van der Waals surface area contributed by atoms with Crippen molar-refractivity contribution >= 4 is 33.2 Å². The summed E-state index contributed by atoms with van der Waals surface area (Å²) in [5.41, 5.74) is 2.12. The number of hydrogen-bond donors (Lipinski definition) is 1. The number of nitrogens with zero attached hydrogens (tertiary/aromatic N) is 1. The van der Waals surface area contributed by atoms with E-state index in [1.165, 1.54) is 18.2 Å². The van der Waals surface area contributed by atoms with Gasteiger partial charge in [-0.25, -0.2) is 8.42 Å². The summed E-state index contributed by atoms with van der Waals surface area (Å²) < 4.78 is 33.0. The number of aryl methyl sites for hydroxylation is 1. The van der Waals surface area contributed by atoms with Gasteiger partial charge in [-0.05, 0) is 61.9 Å². The molecule has 0 fully saturated rings. The lowest BCUT2D eigenvalue weighted by atomic mass is 10.1. The lowest BCUT2D eigenvalue weighted by Gasteiger charge is -2.25. The van der Waals surface area contributed by atoms with E-state index in [9.17, 15) is 13.2 Å². The first kappa shape index (κ1) is 23.6. The normalized spacial score (nSPS) is 12.1. The molecule has 1 amide bonds. The van der Waals surface area contributed by atoms with E-state index < -0.39 is 22.5 Å². The lowest BCUT2D eigenvalue weighted by molar-refractivity contribution is -0.120. The zero-order valence-corrected chi connectivity index (χ0v) is 19.7. The monoisotopic (exact) mass is 472 g/mol. The number of carbonyl (C=O) groups is 1. The highest BCUT2D eigenvalue weighted by Gasteiger charge is 2.28. The molecule has 32 heavy (non-hydrogen) atoms. The van der Waals surface area contributed by atoms with Crippen molar-refractivity contribution in [2.24, 2.45) is 0 Å². The topological polar surface area (TPSA) is 75.7 Å². The quantitative estimate of drug-likeness (QED) is 0.514. The van der Waals surface area contributed by atoms with Crippen molar-refractivity contribution in [1.29, 1.82) is 0 Å². The molecular weight excluding hydrogens is 448 g/mol. The summed E-state index contributed by atoms with van der Waals surface area (Å²) in [5, 5.41) is 3.24. The molecule has 1 N–H and O–H groups in total. The van der Waals surface area contributed by atoms with E-state index in [1.54, 1.807) is 49.6 Å². The number of carbonyl (C=O) groups excluding carboxylic acids is 1. The van der Waals surface area contributed by atoms with Gasteiger partial charge in [-0.1, -0.05) is 47.5 Å². The second-order valence-corrected chi connectivity index (χ2v) is 9.67. The molecule has 0 radical (unpaired) electrons. The minimum absolute atomic E-state index is 0.0964. The summed E-state index contributed by atoms with van der Waals surface area (Å²) in [4.78, 5) is 13.0. The third-order valence-corrected chi connectivity index (χ3v) is 7.01. The first-order chi connectivity index (χ1) is 15.2. The minimum Gasteiger partial charge on any atom is -0.497 e. The molecule has 0 heterocycles. The highest BCUT2D eigenvalue weighted by atomic mass is 35.5. The van der Waals surface area contributed by atoms with Gasteiger partial charge in [0.05, 0.1) is 23.7 Å². The van der Waals surface area contributed by atoms with Crippen molar-refractivity contribution in [3.05, 3.63) is 88.9 Å². The fraction of sp³-hybridized carbons (Fsp3) is 0.208. The number of ether oxygens (including phenoxy) is 1. The van der Waals surface area contributed by atoms with E-state index in [0.717, 1.165) is 15.4 Å². The van der Waals surface area contributed by atoms with Gasteiger partial charge in [-0.3, -0.25) is 9.10 Å². The highest BCUT2D eigenvalue weighted by molar-refractivity contribution is 7.92. The summed E-state index contributed by atoms with van der Waals surface area (Å²) in [6.45, 7) is 3.31. The molecule has 0 bridgehead atoms. The largest absolute Gasteiger partial charge is 0.497 e. The van der Waals surface area contributed by atoms with E-state index in [4.69, 9.17) is 16.3 Å². The summed E-state index contributed by atoms with van der Waals surface area (Å²) in [7, 11) is -2.41. The molecule has 0 unspecified atom stereocenters. The number of benzene rings is 3. The Labute approximate surface area is 193 Å². The molecule has 0 aliphatic rings. The summed E-state index contributed by atoms with van der Waals surface area (Å²) in [6, 6.07) is 19.9. The maximum absolute atomic E-state index is 13.4. The molecule has 3 rings (SSSR count). The maximum atomic E-state index is 13.4. The molecule has 3 aromatic carbocycles. The van der Waals surface area contributed by atoms with Gasteiger partial charge >= 0.3 is 0 Å². The van der Waals surface area contributed by atoms with Crippen molar-refractivity contribution in [3.8, 4) is 5.75 Å². The van der Waals surface area contributed by atoms with Gasteiger partial charge in [-0.15, -0.1) is 0 Å². The molecule has 3 aromatic rings. The average molecular weight is 473 g/mol. The van der Waals surface area contributed by atoms with Crippen LogP contribution in [-0.4, -0.2) is 28.0 Å². The Morgan fingerprint density at radius 1 is 1.06 bits per heavy atom. The molecule has 0 saturated carbocycles. The maximum Gasteiger partial charge on any atom is 0.264 e. The van der Waals surface area contributed by atoms with Gasteiger partial charge in [0.25, 0.3) is 10.0 Å². The molecule has 6 nitrogen and oxygen atoms in total. The van der Waals surface area contributed by atoms with Crippen molar-refractivity contribution in [2.45, 2.75) is 24.8 Å². The van der Waals surface area contributed by atoms with Gasteiger partial charge in [0, 0.05) is 5.02 Å². The molecule has 0 aromatic heterocycles. The SMILES string of the molecule is COc1ccc([C@@H](C)NC(=O)CN(c2cccc(Cl)c2)S(=O)(=O)c2ccc(C)cc2)cc1. The van der Waals surface area contributed by atoms with Crippen LogP contribution in [0.2, 0.25) is 5.02 Å². The van der Waals surface area contributed by atoms with Gasteiger partial charge < -0.3 is 10.1 Å². The number of halogens is 1. The van der Waals surface area contributed by atoms with Crippen LogP contribution in [0.4, 0.5) is 5.69 Å². The molecule has 168 valence electrons. The van der Waals surface area contributed by atoms with Crippen LogP contribution in [0.3, 0.4) is 0 Å². The molecule has 1 atom stereocenters. The van der Waals surface area contributed by atoms with Gasteiger partial charge in [0.2, 0.25) is 5.91 Å². The fourth-order valence-corrected chi connectivity index (χ4v) is 4.77. The van der Waals surface area contributed by atoms with Crippen LogP contribution >= 0.6 is 11.6 Å². The molecule has 0 saturated heterocycles. The number of nitrogens with one attached hydrogen (secondary N) is 1. The number of anilines is 1. The van der Waals surface area contributed by atoms with Gasteiger partial charge in [0.15, 0.2) is 0 Å². The molecule has 8 heteroatoms. The number of sulfonamides is 1. The molecular formula is C24H25ClN2O4S. The first-order valence-corrected chi connectivity index (χ1v) is 11.8. The second-order valence-electron chi connectivity index (χ2n) is 7.37. The standard InChI is InChI=1S/C24H25ClN2O4S/c1-17-7-13-23(14-8-17)32(29,30)27(21-6-4-5-20(25)15-21)16-24(28)26-18(2)19-9-11-22(31-3)12-10-19/h4-15,18H,16H2,1-3H3,(H,26,28)/t18-/m1/s1. The average Bonchev–Trinajstić information content (AvgIpc) is 2.77. The fourth-order valence-electron chi connectivity index (χ4n) is 3.18. The number of hydrogen-bond acceptors (Lipinski definition) is 4. The Kier molecular flexibility index (Phi) is 7.43.